The third kappa shape index (κ3) is 11.1. The molecule has 0 aliphatic carbocycles. The number of aromatic nitrogens is 2. The number of benzene rings is 2. The Labute approximate surface area is 262 Å². The van der Waals surface area contributed by atoms with Gasteiger partial charge in [0.15, 0.2) is 0 Å². The Morgan fingerprint density at radius 3 is 2.16 bits per heavy atom. The van der Waals surface area contributed by atoms with Crippen LogP contribution < -0.4 is 14.8 Å². The summed E-state index contributed by atoms with van der Waals surface area (Å²) >= 11 is 0. The number of rotatable bonds is 12. The summed E-state index contributed by atoms with van der Waals surface area (Å²) in [5.74, 6) is -1.16. The molecule has 0 bridgehead atoms. The van der Waals surface area contributed by atoms with E-state index in [4.69, 9.17) is 4.74 Å². The van der Waals surface area contributed by atoms with Gasteiger partial charge in [0.05, 0.1) is 16.2 Å². The van der Waals surface area contributed by atoms with Gasteiger partial charge in [-0.2, -0.15) is 4.98 Å². The van der Waals surface area contributed by atoms with E-state index in [9.17, 15) is 18.3 Å². The fourth-order valence-corrected chi connectivity index (χ4v) is 5.62. The first-order valence-electron chi connectivity index (χ1n) is 14.1. The number of nitrogens with one attached hydrogen (secondary N) is 2. The van der Waals surface area contributed by atoms with Crippen LogP contribution in [0.1, 0.15) is 75.9 Å². The normalized spacial score (nSPS) is 12.7. The average Bonchev–Trinajstić information content (AvgIpc) is 2.85. The lowest BCUT2D eigenvalue weighted by Crippen LogP contribution is -2.39. The maximum Gasteiger partial charge on any atom is 0.335 e. The standard InChI is InChI=1S/C32H44N4O5S.ClH/c1-21-11-9-12-22(2)28(21)26-18-27(41-20-24(19-32(6,7)8)33-16-15-31(3,4)5)35-30(34-26)36-42(39,40)25-14-10-13-23(17-25)29(37)38;/h9-14,17-18,24,33H,15-16,19-20H2,1-8H3,(H,37,38)(H,34,35,36);1H/t24-;/m1./s1. The summed E-state index contributed by atoms with van der Waals surface area (Å²) in [6.45, 7) is 18.3. The van der Waals surface area contributed by atoms with Gasteiger partial charge in [-0.25, -0.2) is 22.9 Å². The Bertz CT molecular complexity index is 1490. The Hall–Kier alpha value is -3.21. The number of halogens is 1. The van der Waals surface area contributed by atoms with E-state index < -0.39 is 16.0 Å². The number of hydrogen-bond donors (Lipinski definition) is 3. The van der Waals surface area contributed by atoms with Crippen molar-refractivity contribution in [2.24, 2.45) is 10.8 Å². The second kappa shape index (κ2) is 14.5. The van der Waals surface area contributed by atoms with Crippen molar-refractivity contribution in [3.63, 3.8) is 0 Å². The number of anilines is 1. The van der Waals surface area contributed by atoms with Gasteiger partial charge in [0, 0.05) is 17.7 Å². The van der Waals surface area contributed by atoms with Crippen molar-refractivity contribution in [3.8, 4) is 17.1 Å². The van der Waals surface area contributed by atoms with Crippen LogP contribution in [0.4, 0.5) is 5.95 Å². The van der Waals surface area contributed by atoms with E-state index in [-0.39, 0.29) is 51.6 Å². The molecule has 1 aromatic heterocycles. The van der Waals surface area contributed by atoms with Gasteiger partial charge in [-0.3, -0.25) is 0 Å². The molecule has 1 heterocycles. The summed E-state index contributed by atoms with van der Waals surface area (Å²) < 4.78 is 35.2. The van der Waals surface area contributed by atoms with Crippen LogP contribution in [0.3, 0.4) is 0 Å². The van der Waals surface area contributed by atoms with Gasteiger partial charge >= 0.3 is 5.97 Å². The summed E-state index contributed by atoms with van der Waals surface area (Å²) in [6.07, 6.45) is 1.87. The number of carbonyl (C=O) groups is 1. The van der Waals surface area contributed by atoms with Gasteiger partial charge in [0.25, 0.3) is 10.0 Å². The molecule has 9 nitrogen and oxygen atoms in total. The number of sulfonamides is 1. The highest BCUT2D eigenvalue weighted by molar-refractivity contribution is 7.92. The van der Waals surface area contributed by atoms with Crippen LogP contribution >= 0.6 is 12.4 Å². The Morgan fingerprint density at radius 2 is 1.58 bits per heavy atom. The summed E-state index contributed by atoms with van der Waals surface area (Å²) in [5, 5.41) is 13.0. The lowest BCUT2D eigenvalue weighted by molar-refractivity contribution is 0.0696. The first-order valence-corrected chi connectivity index (χ1v) is 15.6. The van der Waals surface area contributed by atoms with Crippen molar-refractivity contribution in [1.29, 1.82) is 0 Å². The molecule has 0 unspecified atom stereocenters. The zero-order valence-corrected chi connectivity index (χ0v) is 27.9. The first kappa shape index (κ1) is 36.0. The summed E-state index contributed by atoms with van der Waals surface area (Å²) in [6, 6.07) is 12.8. The van der Waals surface area contributed by atoms with E-state index in [2.05, 4.69) is 61.5 Å². The van der Waals surface area contributed by atoms with Crippen molar-refractivity contribution in [2.45, 2.75) is 79.2 Å². The van der Waals surface area contributed by atoms with Crippen molar-refractivity contribution in [2.75, 3.05) is 17.9 Å². The van der Waals surface area contributed by atoms with Gasteiger partial charge in [0.2, 0.25) is 11.8 Å². The molecular formula is C32H45ClN4O5S. The molecule has 0 radical (unpaired) electrons. The minimum absolute atomic E-state index is 0. The summed E-state index contributed by atoms with van der Waals surface area (Å²) in [4.78, 5) is 20.2. The predicted molar refractivity (Wildman–Crippen MR) is 174 cm³/mol. The van der Waals surface area contributed by atoms with Crippen LogP contribution in [0, 0.1) is 24.7 Å². The maximum absolute atomic E-state index is 13.3. The van der Waals surface area contributed by atoms with Gasteiger partial charge in [0.1, 0.15) is 6.61 Å². The molecule has 0 saturated heterocycles. The average molecular weight is 633 g/mol. The molecule has 0 fully saturated rings. The molecule has 236 valence electrons. The molecule has 3 N–H and O–H groups in total. The van der Waals surface area contributed by atoms with Crippen LogP contribution in [0.25, 0.3) is 11.3 Å². The maximum atomic E-state index is 13.3. The lowest BCUT2D eigenvalue weighted by atomic mass is 9.87. The highest BCUT2D eigenvalue weighted by Gasteiger charge is 2.23. The molecule has 1 atom stereocenters. The van der Waals surface area contributed by atoms with E-state index in [1.165, 1.54) is 18.2 Å². The van der Waals surface area contributed by atoms with E-state index >= 15 is 0 Å². The van der Waals surface area contributed by atoms with Crippen molar-refractivity contribution in [1.82, 2.24) is 15.3 Å². The molecule has 0 aliphatic heterocycles. The topological polar surface area (TPSA) is 131 Å². The number of carboxylic acid groups (broad SMARTS) is 1. The minimum atomic E-state index is -4.19. The van der Waals surface area contributed by atoms with Crippen LogP contribution in [-0.2, 0) is 10.0 Å². The second-order valence-electron chi connectivity index (χ2n) is 13.2. The molecule has 2 aromatic carbocycles. The molecule has 3 rings (SSSR count). The minimum Gasteiger partial charge on any atom is -0.478 e. The molecule has 43 heavy (non-hydrogen) atoms. The van der Waals surface area contributed by atoms with Gasteiger partial charge in [-0.05, 0) is 73.4 Å². The monoisotopic (exact) mass is 632 g/mol. The quantitative estimate of drug-likeness (QED) is 0.197. The van der Waals surface area contributed by atoms with E-state index in [0.717, 1.165) is 42.1 Å². The number of hydrogen-bond acceptors (Lipinski definition) is 7. The second-order valence-corrected chi connectivity index (χ2v) is 14.8. The Balaban J connectivity index is 0.00000645. The Morgan fingerprint density at radius 1 is 0.953 bits per heavy atom. The third-order valence-corrected chi connectivity index (χ3v) is 7.98. The smallest absolute Gasteiger partial charge is 0.335 e. The number of nitrogens with zero attached hydrogens (tertiary/aromatic N) is 2. The molecule has 0 spiro atoms. The van der Waals surface area contributed by atoms with Crippen LogP contribution in [-0.4, -0.2) is 48.7 Å². The highest BCUT2D eigenvalue weighted by Crippen LogP contribution is 2.30. The lowest BCUT2D eigenvalue weighted by Gasteiger charge is -2.28. The van der Waals surface area contributed by atoms with Crippen molar-refractivity contribution in [3.05, 3.63) is 65.2 Å². The molecule has 3 aromatic rings. The van der Waals surface area contributed by atoms with E-state index in [1.807, 2.05) is 32.0 Å². The summed E-state index contributed by atoms with van der Waals surface area (Å²) in [5.41, 5.74) is 3.42. The molecule has 0 saturated carbocycles. The van der Waals surface area contributed by atoms with Gasteiger partial charge < -0.3 is 15.2 Å². The van der Waals surface area contributed by atoms with Gasteiger partial charge in [-0.15, -0.1) is 12.4 Å². The fraction of sp³-hybridized carbons (Fsp3) is 0.469. The first-order chi connectivity index (χ1) is 19.4. The fourth-order valence-electron chi connectivity index (χ4n) is 4.63. The molecular weight excluding hydrogens is 588 g/mol. The van der Waals surface area contributed by atoms with Crippen molar-refractivity contribution < 1.29 is 23.1 Å². The molecule has 11 heteroatoms. The number of ether oxygens (including phenoxy) is 1. The third-order valence-electron chi connectivity index (χ3n) is 6.66. The zero-order valence-electron chi connectivity index (χ0n) is 26.3. The highest BCUT2D eigenvalue weighted by atomic mass is 35.5. The SMILES string of the molecule is Cc1cccc(C)c1-c1cc(OC[C@@H](CC(C)(C)C)NCCC(C)(C)C)nc(NS(=O)(=O)c2cccc(C(=O)O)c2)n1.Cl. The van der Waals surface area contributed by atoms with E-state index in [0.29, 0.717) is 12.3 Å². The number of carboxylic acids is 1. The molecule has 0 amide bonds. The largest absolute Gasteiger partial charge is 0.478 e. The Kier molecular flexibility index (Phi) is 12.1. The molecule has 0 aliphatic rings. The van der Waals surface area contributed by atoms with Gasteiger partial charge in [-0.1, -0.05) is 65.8 Å². The van der Waals surface area contributed by atoms with Crippen LogP contribution in [0.2, 0.25) is 0 Å². The number of aryl methyl sites for hydroxylation is 2. The zero-order chi connectivity index (χ0) is 31.3. The predicted octanol–water partition coefficient (Wildman–Crippen LogP) is 6.89. The summed E-state index contributed by atoms with van der Waals surface area (Å²) in [7, 11) is -4.19. The van der Waals surface area contributed by atoms with Crippen LogP contribution in [0.5, 0.6) is 5.88 Å². The van der Waals surface area contributed by atoms with Crippen molar-refractivity contribution >= 4 is 34.3 Å². The van der Waals surface area contributed by atoms with Crippen LogP contribution in [0.15, 0.2) is 53.4 Å². The number of aromatic carboxylic acids is 1. The van der Waals surface area contributed by atoms with E-state index in [1.54, 1.807) is 6.07 Å².